The Kier molecular flexibility index (Phi) is 247. The summed E-state index contributed by atoms with van der Waals surface area (Å²) in [6.45, 7) is 0. The second kappa shape index (κ2) is 37.2. The zero-order valence-corrected chi connectivity index (χ0v) is 19.5. The monoisotopic (exact) mass is 994 g/mol. The van der Waals surface area contributed by atoms with Crippen LogP contribution in [0.1, 0.15) is 0 Å². The first-order chi connectivity index (χ1) is 0. The predicted molar refractivity (Wildman–Crippen MR) is 17.3 cm³/mol. The van der Waals surface area contributed by atoms with Gasteiger partial charge < -0.3 is 0 Å². The summed E-state index contributed by atoms with van der Waals surface area (Å²) >= 11 is 0. The molecular formula is Gd4Sb3. The van der Waals surface area contributed by atoms with Gasteiger partial charge in [0.2, 0.25) is 0 Å². The fraction of sp³-hybridized carbons (Fsp3) is 0. The molecule has 47 valence electrons. The molecule has 0 aliphatic rings. The molecule has 0 fully saturated rings. The van der Waals surface area contributed by atoms with Gasteiger partial charge in [-0.1, -0.05) is 0 Å². The Morgan fingerprint density at radius 1 is 0.286 bits per heavy atom. The van der Waals surface area contributed by atoms with Gasteiger partial charge >= 0.3 is 0 Å². The molecule has 0 rings (SSSR count). The van der Waals surface area contributed by atoms with Crippen molar-refractivity contribution in [3.63, 3.8) is 0 Å². The van der Waals surface area contributed by atoms with Gasteiger partial charge in [-0.2, -0.15) is 0 Å². The van der Waals surface area contributed by atoms with Crippen LogP contribution in [0.2, 0.25) is 0 Å². The third-order valence-electron chi connectivity index (χ3n) is 0. The maximum atomic E-state index is 0. The van der Waals surface area contributed by atoms with Crippen molar-refractivity contribution in [2.75, 3.05) is 0 Å². The van der Waals surface area contributed by atoms with Crippen LogP contribution < -0.4 is 0 Å². The third-order valence-corrected chi connectivity index (χ3v) is 0. The van der Waals surface area contributed by atoms with Crippen molar-refractivity contribution in [1.82, 2.24) is 0 Å². The van der Waals surface area contributed by atoms with Gasteiger partial charge in [0.15, 0.2) is 0 Å². The Morgan fingerprint density at radius 2 is 0.286 bits per heavy atom. The summed E-state index contributed by atoms with van der Waals surface area (Å²) < 4.78 is 0. The molecule has 0 aromatic rings. The Morgan fingerprint density at radius 3 is 0.286 bits per heavy atom. The van der Waals surface area contributed by atoms with Crippen LogP contribution in [0, 0.1) is 160 Å². The SMILES string of the molecule is [Gd].[Gd].[Gd].[Gd].[Sb].[Sb].[Sb]. The van der Waals surface area contributed by atoms with Crippen molar-refractivity contribution in [3.8, 4) is 0 Å². The Labute approximate surface area is 225 Å². The zero-order chi connectivity index (χ0) is 0. The molecule has 0 nitrogen and oxygen atoms in total. The first-order valence-electron chi connectivity index (χ1n) is 0. The van der Waals surface area contributed by atoms with E-state index in [2.05, 4.69) is 0 Å². The summed E-state index contributed by atoms with van der Waals surface area (Å²) in [6, 6.07) is 0. The predicted octanol–water partition coefficient (Wildman–Crippen LogP) is -1.14. The van der Waals surface area contributed by atoms with Gasteiger partial charge in [0.25, 0.3) is 0 Å². The summed E-state index contributed by atoms with van der Waals surface area (Å²) in [6.07, 6.45) is 0. The van der Waals surface area contributed by atoms with Gasteiger partial charge in [-0.15, -0.1) is 0 Å². The van der Waals surface area contributed by atoms with Crippen LogP contribution in [0.5, 0.6) is 0 Å². The Balaban J connectivity index is 0. The minimum absolute atomic E-state index is 0. The molecule has 0 N–H and O–H groups in total. The van der Waals surface area contributed by atoms with Crippen LogP contribution in [0.25, 0.3) is 0 Å². The molecule has 0 spiro atoms. The van der Waals surface area contributed by atoms with Crippen LogP contribution in [0.4, 0.5) is 0 Å². The summed E-state index contributed by atoms with van der Waals surface area (Å²) in [5.41, 5.74) is 0. The van der Waals surface area contributed by atoms with Gasteiger partial charge in [-0.3, -0.25) is 0 Å². The third kappa shape index (κ3) is 31.6. The molecular weight excluding hydrogens is 994 g/mol. The van der Waals surface area contributed by atoms with Crippen molar-refractivity contribution >= 4 is 73.3 Å². The summed E-state index contributed by atoms with van der Waals surface area (Å²) in [5, 5.41) is 0. The molecule has 0 aromatic carbocycles. The van der Waals surface area contributed by atoms with Gasteiger partial charge in [0, 0.05) is 233 Å². The second-order valence-corrected chi connectivity index (χ2v) is 0. The van der Waals surface area contributed by atoms with Gasteiger partial charge in [0.1, 0.15) is 0 Å². The van der Waals surface area contributed by atoms with Crippen molar-refractivity contribution in [3.05, 3.63) is 0 Å². The molecule has 0 saturated carbocycles. The topological polar surface area (TPSA) is 0 Å². The smallest absolute Gasteiger partial charge is 0 e. The number of hydrogen-bond acceptors (Lipinski definition) is 0. The molecule has 0 saturated heterocycles. The average Bonchev–Trinajstić information content (AvgIpc) is 0. The molecule has 0 heterocycles. The maximum absolute atomic E-state index is 0. The van der Waals surface area contributed by atoms with E-state index in [9.17, 15) is 0 Å². The quantitative estimate of drug-likeness (QED) is 0.270. The number of hydrogen-bond donors (Lipinski definition) is 0. The van der Waals surface area contributed by atoms with Crippen molar-refractivity contribution in [2.24, 2.45) is 0 Å². The molecule has 0 aliphatic heterocycles. The zero-order valence-electron chi connectivity index (χ0n) is 2.76. The van der Waals surface area contributed by atoms with Crippen molar-refractivity contribution < 1.29 is 160 Å². The summed E-state index contributed by atoms with van der Waals surface area (Å²) in [7, 11) is 0. The number of rotatable bonds is 0. The van der Waals surface area contributed by atoms with E-state index in [1.807, 2.05) is 0 Å². The van der Waals surface area contributed by atoms with E-state index in [0.29, 0.717) is 0 Å². The molecule has 0 unspecified atom stereocenters. The molecule has 0 aromatic heterocycles. The van der Waals surface area contributed by atoms with E-state index in [1.54, 1.807) is 0 Å². The minimum atomic E-state index is 0. The maximum Gasteiger partial charge on any atom is 0 e. The van der Waals surface area contributed by atoms with Crippen LogP contribution in [0.3, 0.4) is 0 Å². The van der Waals surface area contributed by atoms with E-state index in [1.165, 1.54) is 0 Å². The minimum Gasteiger partial charge on any atom is 0 e. The van der Waals surface area contributed by atoms with E-state index in [0.717, 1.165) is 0 Å². The van der Waals surface area contributed by atoms with Gasteiger partial charge in [-0.05, 0) is 0 Å². The molecule has 0 amide bonds. The summed E-state index contributed by atoms with van der Waals surface area (Å²) in [5.74, 6) is 0. The van der Waals surface area contributed by atoms with E-state index in [-0.39, 0.29) is 233 Å². The van der Waals surface area contributed by atoms with Crippen LogP contribution in [-0.2, 0) is 0 Å². The average molecular weight is 994 g/mol. The largest absolute Gasteiger partial charge is 0 e. The van der Waals surface area contributed by atoms with Crippen molar-refractivity contribution in [2.45, 2.75) is 0 Å². The van der Waals surface area contributed by atoms with Crippen LogP contribution in [0.15, 0.2) is 0 Å². The molecule has 0 aliphatic carbocycles. The van der Waals surface area contributed by atoms with Crippen LogP contribution in [-0.4, -0.2) is 73.3 Å². The standard InChI is InChI=1S/4Gd.3Sb. The van der Waals surface area contributed by atoms with E-state index in [4.69, 9.17) is 0 Å². The fourth-order valence-corrected chi connectivity index (χ4v) is 0. The molecule has 0 atom stereocenters. The summed E-state index contributed by atoms with van der Waals surface area (Å²) in [4.78, 5) is 0. The van der Waals surface area contributed by atoms with Gasteiger partial charge in [-0.25, -0.2) is 0 Å². The Bertz CT molecular complexity index is 6.90. The van der Waals surface area contributed by atoms with Crippen LogP contribution >= 0.6 is 0 Å². The molecule has 7 heavy (non-hydrogen) atoms. The normalized spacial score (nSPS) is 0. The van der Waals surface area contributed by atoms with E-state index < -0.39 is 0 Å². The van der Waals surface area contributed by atoms with Crippen molar-refractivity contribution in [1.29, 1.82) is 0 Å². The van der Waals surface area contributed by atoms with Gasteiger partial charge in [0.05, 0.1) is 0 Å². The molecule has 9 radical (unpaired) electrons. The Hall–Kier alpha value is 7.75. The molecule has 7 heteroatoms. The second-order valence-electron chi connectivity index (χ2n) is 0. The first kappa shape index (κ1) is 46.4. The molecule has 0 bridgehead atoms. The van der Waals surface area contributed by atoms with E-state index >= 15 is 0 Å². The fourth-order valence-electron chi connectivity index (χ4n) is 0. The first-order valence-corrected chi connectivity index (χ1v) is 0.